The van der Waals surface area contributed by atoms with Gasteiger partial charge in [0, 0.05) is 24.0 Å². The number of nitrogens with one attached hydrogen (secondary N) is 1. The molecule has 126 valence electrons. The summed E-state index contributed by atoms with van der Waals surface area (Å²) in [5, 5.41) is 5.05. The quantitative estimate of drug-likeness (QED) is 0.600. The van der Waals surface area contributed by atoms with Crippen LogP contribution in [-0.2, 0) is 6.42 Å². The highest BCUT2D eigenvalue weighted by molar-refractivity contribution is 7.21. The van der Waals surface area contributed by atoms with Crippen molar-refractivity contribution in [1.82, 2.24) is 14.7 Å². The molecule has 1 aromatic carbocycles. The number of aromatic nitrogens is 2. The predicted octanol–water partition coefficient (Wildman–Crippen LogP) is 3.59. The number of carbonyl (C=O) groups is 1. The Bertz CT molecular complexity index is 1080. The number of hydrogen-bond donors (Lipinski definition) is 1. The second kappa shape index (κ2) is 5.86. The van der Waals surface area contributed by atoms with Crippen LogP contribution in [0.25, 0.3) is 15.3 Å². The maximum absolute atomic E-state index is 12.5. The van der Waals surface area contributed by atoms with Gasteiger partial charge in [0.15, 0.2) is 4.96 Å². The predicted molar refractivity (Wildman–Crippen MR) is 99.9 cm³/mol. The van der Waals surface area contributed by atoms with Gasteiger partial charge in [0.1, 0.15) is 10.6 Å². The highest BCUT2D eigenvalue weighted by Gasteiger charge is 2.21. The third kappa shape index (κ3) is 2.60. The number of ether oxygens (including phenoxy) is 1. The summed E-state index contributed by atoms with van der Waals surface area (Å²) >= 11 is 3.04. The molecule has 0 aliphatic carbocycles. The second-order valence-electron chi connectivity index (χ2n) is 6.17. The summed E-state index contributed by atoms with van der Waals surface area (Å²) in [7, 11) is 0. The Kier molecular flexibility index (Phi) is 3.50. The number of para-hydroxylation sites is 1. The van der Waals surface area contributed by atoms with Crippen molar-refractivity contribution in [2.75, 3.05) is 13.2 Å². The number of benzene rings is 1. The number of fused-ring (bicyclic) bond motifs is 4. The maximum atomic E-state index is 12.5. The molecule has 25 heavy (non-hydrogen) atoms. The highest BCUT2D eigenvalue weighted by atomic mass is 32.1. The van der Waals surface area contributed by atoms with E-state index in [-0.39, 0.29) is 5.91 Å². The summed E-state index contributed by atoms with van der Waals surface area (Å²) in [6, 6.07) is 10.0. The maximum Gasteiger partial charge on any atom is 0.261 e. The average Bonchev–Trinajstić information content (AvgIpc) is 3.31. The fraction of sp³-hybridized carbons (Fsp3) is 0.222. The van der Waals surface area contributed by atoms with Crippen LogP contribution in [0.15, 0.2) is 41.9 Å². The lowest BCUT2D eigenvalue weighted by molar-refractivity contribution is 0.0943. The second-order valence-corrected chi connectivity index (χ2v) is 8.07. The molecule has 0 fully saturated rings. The molecule has 1 aliphatic rings. The number of thiophene rings is 1. The van der Waals surface area contributed by atoms with E-state index in [0.717, 1.165) is 27.5 Å². The molecule has 0 radical (unpaired) electrons. The van der Waals surface area contributed by atoms with Gasteiger partial charge in [-0.25, -0.2) is 4.98 Å². The minimum Gasteiger partial charge on any atom is -0.493 e. The molecule has 0 bridgehead atoms. The van der Waals surface area contributed by atoms with Crippen molar-refractivity contribution in [2.45, 2.75) is 6.42 Å². The number of rotatable bonds is 3. The summed E-state index contributed by atoms with van der Waals surface area (Å²) in [6.07, 6.45) is 2.92. The van der Waals surface area contributed by atoms with E-state index in [1.54, 1.807) is 11.3 Å². The topological polar surface area (TPSA) is 55.6 Å². The van der Waals surface area contributed by atoms with Gasteiger partial charge >= 0.3 is 0 Å². The largest absolute Gasteiger partial charge is 0.493 e. The molecule has 3 aromatic heterocycles. The van der Waals surface area contributed by atoms with Gasteiger partial charge in [0.25, 0.3) is 5.91 Å². The molecule has 4 aromatic rings. The Balaban J connectivity index is 1.28. The van der Waals surface area contributed by atoms with Crippen LogP contribution in [0.1, 0.15) is 15.2 Å². The van der Waals surface area contributed by atoms with Crippen LogP contribution in [0.5, 0.6) is 5.75 Å². The van der Waals surface area contributed by atoms with Crippen molar-refractivity contribution in [3.8, 4) is 5.75 Å². The van der Waals surface area contributed by atoms with Gasteiger partial charge in [-0.05, 0) is 24.1 Å². The Labute approximate surface area is 151 Å². The van der Waals surface area contributed by atoms with E-state index in [4.69, 9.17) is 4.74 Å². The van der Waals surface area contributed by atoms with Crippen LogP contribution < -0.4 is 10.1 Å². The fourth-order valence-electron chi connectivity index (χ4n) is 3.21. The van der Waals surface area contributed by atoms with Crippen molar-refractivity contribution in [3.63, 3.8) is 0 Å². The van der Waals surface area contributed by atoms with Crippen molar-refractivity contribution >= 4 is 43.9 Å². The van der Waals surface area contributed by atoms with Crippen LogP contribution in [0.2, 0.25) is 0 Å². The molecule has 5 nitrogen and oxygen atoms in total. The molecule has 7 heteroatoms. The van der Waals surface area contributed by atoms with E-state index in [0.29, 0.717) is 23.9 Å². The zero-order chi connectivity index (χ0) is 16.8. The van der Waals surface area contributed by atoms with E-state index in [1.165, 1.54) is 16.9 Å². The standard InChI is InChI=1S/C18H15N3O2S2/c22-16(15-8-13-17(25-15)20-18-21(13)5-6-24-18)19-9-11-7-12-3-1-2-4-14(12)23-10-11/h1-6,8,11H,7,9-10H2,(H,19,22). The minimum absolute atomic E-state index is 0.0363. The van der Waals surface area contributed by atoms with Gasteiger partial charge in [0.05, 0.1) is 17.0 Å². The average molecular weight is 369 g/mol. The summed E-state index contributed by atoms with van der Waals surface area (Å²) in [5.41, 5.74) is 2.21. The van der Waals surface area contributed by atoms with Crippen LogP contribution >= 0.6 is 22.7 Å². The van der Waals surface area contributed by atoms with Crippen LogP contribution in [0.4, 0.5) is 0 Å². The Morgan fingerprint density at radius 1 is 1.40 bits per heavy atom. The first-order chi connectivity index (χ1) is 12.3. The van der Waals surface area contributed by atoms with E-state index in [1.807, 2.05) is 40.2 Å². The SMILES string of the molecule is O=C(NCC1COc2ccccc2C1)c1cc2c(nc3sccn32)s1. The zero-order valence-corrected chi connectivity index (χ0v) is 14.9. The fourth-order valence-corrected chi connectivity index (χ4v) is 4.92. The molecule has 1 aliphatic heterocycles. The summed E-state index contributed by atoms with van der Waals surface area (Å²) in [4.78, 5) is 19.6. The van der Waals surface area contributed by atoms with Crippen LogP contribution in [0, 0.1) is 5.92 Å². The Hall–Kier alpha value is -2.38. The monoisotopic (exact) mass is 369 g/mol. The molecule has 1 atom stereocenters. The number of thiazole rings is 1. The highest BCUT2D eigenvalue weighted by Crippen LogP contribution is 2.29. The molecule has 5 rings (SSSR count). The summed E-state index contributed by atoms with van der Waals surface area (Å²) in [6.45, 7) is 1.26. The molecule has 0 saturated heterocycles. The molecule has 0 saturated carbocycles. The third-order valence-electron chi connectivity index (χ3n) is 4.47. The first kappa shape index (κ1) is 14.9. The normalized spacial score (nSPS) is 16.7. The van der Waals surface area contributed by atoms with Gasteiger partial charge in [0.2, 0.25) is 0 Å². The van der Waals surface area contributed by atoms with Gasteiger partial charge in [-0.1, -0.05) is 18.2 Å². The van der Waals surface area contributed by atoms with Gasteiger partial charge < -0.3 is 10.1 Å². The molecular formula is C18H15N3O2S2. The van der Waals surface area contributed by atoms with Gasteiger partial charge in [-0.3, -0.25) is 9.20 Å². The van der Waals surface area contributed by atoms with E-state index >= 15 is 0 Å². The molecule has 1 N–H and O–H groups in total. The summed E-state index contributed by atoms with van der Waals surface area (Å²) in [5.74, 6) is 1.23. The Morgan fingerprint density at radius 3 is 3.28 bits per heavy atom. The van der Waals surface area contributed by atoms with E-state index in [9.17, 15) is 4.79 Å². The van der Waals surface area contributed by atoms with Crippen LogP contribution in [-0.4, -0.2) is 28.4 Å². The number of nitrogens with zero attached hydrogens (tertiary/aromatic N) is 2. The first-order valence-corrected chi connectivity index (χ1v) is 9.81. The molecule has 0 spiro atoms. The van der Waals surface area contributed by atoms with E-state index < -0.39 is 0 Å². The minimum atomic E-state index is -0.0363. The van der Waals surface area contributed by atoms with Gasteiger partial charge in [-0.15, -0.1) is 22.7 Å². The summed E-state index contributed by atoms with van der Waals surface area (Å²) < 4.78 is 7.82. The van der Waals surface area contributed by atoms with Crippen LogP contribution in [0.3, 0.4) is 0 Å². The molecule has 1 unspecified atom stereocenters. The third-order valence-corrected chi connectivity index (χ3v) is 6.24. The molecular weight excluding hydrogens is 354 g/mol. The van der Waals surface area contributed by atoms with Crippen molar-refractivity contribution < 1.29 is 9.53 Å². The van der Waals surface area contributed by atoms with Crippen molar-refractivity contribution in [1.29, 1.82) is 0 Å². The van der Waals surface area contributed by atoms with Crippen molar-refractivity contribution in [2.24, 2.45) is 5.92 Å². The zero-order valence-electron chi connectivity index (χ0n) is 13.3. The number of amides is 1. The molecule has 4 heterocycles. The Morgan fingerprint density at radius 2 is 2.32 bits per heavy atom. The number of carbonyl (C=O) groups excluding carboxylic acids is 1. The first-order valence-electron chi connectivity index (χ1n) is 8.12. The lowest BCUT2D eigenvalue weighted by atomic mass is 9.97. The number of hydrogen-bond acceptors (Lipinski definition) is 5. The number of imidazole rings is 1. The smallest absolute Gasteiger partial charge is 0.261 e. The molecule has 1 amide bonds. The van der Waals surface area contributed by atoms with Gasteiger partial charge in [-0.2, -0.15) is 0 Å². The lowest BCUT2D eigenvalue weighted by Crippen LogP contribution is -2.34. The van der Waals surface area contributed by atoms with Crippen molar-refractivity contribution in [3.05, 3.63) is 52.3 Å². The van der Waals surface area contributed by atoms with E-state index in [2.05, 4.69) is 16.4 Å². The lowest BCUT2D eigenvalue weighted by Gasteiger charge is -2.25.